The van der Waals surface area contributed by atoms with Gasteiger partial charge in [0.2, 0.25) is 0 Å². The minimum absolute atomic E-state index is 0.435. The van der Waals surface area contributed by atoms with E-state index in [9.17, 15) is 0 Å². The Morgan fingerprint density at radius 2 is 1.92 bits per heavy atom. The molecule has 0 aliphatic heterocycles. The molecule has 0 amide bonds. The molecular weight excluding hydrogens is 146 g/mol. The van der Waals surface area contributed by atoms with Crippen LogP contribution in [0.1, 0.15) is 12.5 Å². The maximum Gasteiger partial charge on any atom is 0.0221 e. The van der Waals surface area contributed by atoms with Crippen molar-refractivity contribution in [2.75, 3.05) is 7.05 Å². The third kappa shape index (κ3) is 2.89. The Balaban J connectivity index is 2.58. The Morgan fingerprint density at radius 3 is 2.50 bits per heavy atom. The van der Waals surface area contributed by atoms with Crippen LogP contribution in [0.4, 0.5) is 0 Å². The van der Waals surface area contributed by atoms with Crippen LogP contribution in [0.2, 0.25) is 0 Å². The molecule has 12 heavy (non-hydrogen) atoms. The number of rotatable bonds is 3. The Labute approximate surface area is 74.1 Å². The first-order valence-corrected chi connectivity index (χ1v) is 4.23. The molecule has 0 saturated carbocycles. The normalized spacial score (nSPS) is 13.5. The van der Waals surface area contributed by atoms with Gasteiger partial charge in [0.15, 0.2) is 0 Å². The second kappa shape index (κ2) is 4.73. The molecule has 0 heterocycles. The molecule has 1 nitrogen and oxygen atoms in total. The Kier molecular flexibility index (Phi) is 3.55. The van der Waals surface area contributed by atoms with E-state index in [1.54, 1.807) is 0 Å². The van der Waals surface area contributed by atoms with Crippen LogP contribution in [0, 0.1) is 0 Å². The fraction of sp³-hybridized carbons (Fsp3) is 0.273. The van der Waals surface area contributed by atoms with Crippen molar-refractivity contribution in [2.24, 2.45) is 0 Å². The Morgan fingerprint density at radius 1 is 1.25 bits per heavy atom. The van der Waals surface area contributed by atoms with Crippen LogP contribution >= 0.6 is 0 Å². The van der Waals surface area contributed by atoms with E-state index < -0.39 is 0 Å². The molecule has 0 aliphatic carbocycles. The highest BCUT2D eigenvalue weighted by Gasteiger charge is 1.88. The van der Waals surface area contributed by atoms with Crippen molar-refractivity contribution in [2.45, 2.75) is 13.0 Å². The third-order valence-electron chi connectivity index (χ3n) is 1.83. The van der Waals surface area contributed by atoms with Crippen molar-refractivity contribution in [3.8, 4) is 0 Å². The molecule has 64 valence electrons. The monoisotopic (exact) mass is 161 g/mol. The summed E-state index contributed by atoms with van der Waals surface area (Å²) in [7, 11) is 1.96. The lowest BCUT2D eigenvalue weighted by molar-refractivity contribution is 0.731. The number of hydrogen-bond acceptors (Lipinski definition) is 1. The molecular formula is C11H15N. The topological polar surface area (TPSA) is 12.0 Å². The SMILES string of the molecule is CNC(C)/C=C/c1ccccc1. The summed E-state index contributed by atoms with van der Waals surface area (Å²) >= 11 is 0. The van der Waals surface area contributed by atoms with Crippen LogP contribution in [0.15, 0.2) is 36.4 Å². The van der Waals surface area contributed by atoms with Gasteiger partial charge < -0.3 is 5.32 Å². The summed E-state index contributed by atoms with van der Waals surface area (Å²) in [6.45, 7) is 2.12. The van der Waals surface area contributed by atoms with Gasteiger partial charge in [-0.2, -0.15) is 0 Å². The molecule has 1 aromatic rings. The number of hydrogen-bond donors (Lipinski definition) is 1. The summed E-state index contributed by atoms with van der Waals surface area (Å²) in [6, 6.07) is 10.7. The molecule has 0 bridgehead atoms. The van der Waals surface area contributed by atoms with Crippen molar-refractivity contribution in [1.29, 1.82) is 0 Å². The second-order valence-corrected chi connectivity index (χ2v) is 2.85. The number of nitrogens with one attached hydrogen (secondary N) is 1. The molecule has 0 saturated heterocycles. The quantitative estimate of drug-likeness (QED) is 0.717. The van der Waals surface area contributed by atoms with Gasteiger partial charge in [-0.1, -0.05) is 42.5 Å². The van der Waals surface area contributed by atoms with E-state index in [-0.39, 0.29) is 0 Å². The lowest BCUT2D eigenvalue weighted by atomic mass is 10.2. The highest BCUT2D eigenvalue weighted by Crippen LogP contribution is 2.01. The van der Waals surface area contributed by atoms with Crippen molar-refractivity contribution in [1.82, 2.24) is 5.32 Å². The number of benzene rings is 1. The van der Waals surface area contributed by atoms with E-state index in [1.165, 1.54) is 5.56 Å². The van der Waals surface area contributed by atoms with Gasteiger partial charge in [0.1, 0.15) is 0 Å². The molecule has 0 radical (unpaired) electrons. The zero-order valence-corrected chi connectivity index (χ0v) is 7.62. The van der Waals surface area contributed by atoms with E-state index in [1.807, 2.05) is 25.2 Å². The van der Waals surface area contributed by atoms with E-state index in [0.717, 1.165) is 0 Å². The van der Waals surface area contributed by atoms with Crippen LogP contribution in [0.5, 0.6) is 0 Å². The highest BCUT2D eigenvalue weighted by atomic mass is 14.8. The van der Waals surface area contributed by atoms with Crippen LogP contribution in [0.25, 0.3) is 6.08 Å². The first kappa shape index (κ1) is 9.01. The molecule has 1 unspecified atom stereocenters. The summed E-state index contributed by atoms with van der Waals surface area (Å²) in [6.07, 6.45) is 4.27. The predicted octanol–water partition coefficient (Wildman–Crippen LogP) is 2.31. The Hall–Kier alpha value is -1.08. The highest BCUT2D eigenvalue weighted by molar-refractivity contribution is 5.49. The largest absolute Gasteiger partial charge is 0.314 e. The van der Waals surface area contributed by atoms with Crippen molar-refractivity contribution >= 4 is 6.08 Å². The molecule has 1 rings (SSSR count). The summed E-state index contributed by atoms with van der Waals surface area (Å²) in [5, 5.41) is 3.15. The number of likely N-dealkylation sites (N-methyl/N-ethyl adjacent to an activating group) is 1. The van der Waals surface area contributed by atoms with Gasteiger partial charge in [0.25, 0.3) is 0 Å². The molecule has 0 fully saturated rings. The summed E-state index contributed by atoms with van der Waals surface area (Å²) in [4.78, 5) is 0. The van der Waals surface area contributed by atoms with Gasteiger partial charge >= 0.3 is 0 Å². The summed E-state index contributed by atoms with van der Waals surface area (Å²) in [5.41, 5.74) is 1.25. The third-order valence-corrected chi connectivity index (χ3v) is 1.83. The van der Waals surface area contributed by atoms with E-state index in [4.69, 9.17) is 0 Å². The first-order chi connectivity index (χ1) is 5.83. The van der Waals surface area contributed by atoms with Crippen molar-refractivity contribution in [3.63, 3.8) is 0 Å². The van der Waals surface area contributed by atoms with Crippen LogP contribution in [-0.2, 0) is 0 Å². The molecule has 0 aromatic heterocycles. The summed E-state index contributed by atoms with van der Waals surface area (Å²) < 4.78 is 0. The summed E-state index contributed by atoms with van der Waals surface area (Å²) in [5.74, 6) is 0. The van der Waals surface area contributed by atoms with E-state index in [0.29, 0.717) is 6.04 Å². The Bertz CT molecular complexity index is 238. The average molecular weight is 161 g/mol. The minimum atomic E-state index is 0.435. The van der Waals surface area contributed by atoms with Crippen molar-refractivity contribution < 1.29 is 0 Å². The zero-order valence-electron chi connectivity index (χ0n) is 7.62. The predicted molar refractivity (Wildman–Crippen MR) is 54.0 cm³/mol. The van der Waals surface area contributed by atoms with Crippen LogP contribution in [-0.4, -0.2) is 13.1 Å². The van der Waals surface area contributed by atoms with E-state index >= 15 is 0 Å². The lowest BCUT2D eigenvalue weighted by Crippen LogP contribution is -2.17. The first-order valence-electron chi connectivity index (χ1n) is 4.23. The van der Waals surface area contributed by atoms with Gasteiger partial charge in [-0.05, 0) is 19.5 Å². The van der Waals surface area contributed by atoms with Gasteiger partial charge in [0.05, 0.1) is 0 Å². The maximum atomic E-state index is 3.15. The fourth-order valence-electron chi connectivity index (χ4n) is 0.916. The smallest absolute Gasteiger partial charge is 0.0221 e. The zero-order chi connectivity index (χ0) is 8.81. The molecule has 0 spiro atoms. The second-order valence-electron chi connectivity index (χ2n) is 2.85. The van der Waals surface area contributed by atoms with Gasteiger partial charge in [-0.3, -0.25) is 0 Å². The average Bonchev–Trinajstić information content (AvgIpc) is 2.16. The standard InChI is InChI=1S/C11H15N/c1-10(12-2)8-9-11-6-4-3-5-7-11/h3-10,12H,1-2H3/b9-8+. The molecule has 1 N–H and O–H groups in total. The van der Waals surface area contributed by atoms with E-state index in [2.05, 4.69) is 36.5 Å². The van der Waals surface area contributed by atoms with Gasteiger partial charge in [0, 0.05) is 6.04 Å². The van der Waals surface area contributed by atoms with Crippen LogP contribution in [0.3, 0.4) is 0 Å². The molecule has 1 atom stereocenters. The van der Waals surface area contributed by atoms with Gasteiger partial charge in [-0.25, -0.2) is 0 Å². The fourth-order valence-corrected chi connectivity index (χ4v) is 0.916. The molecule has 0 aliphatic rings. The van der Waals surface area contributed by atoms with Gasteiger partial charge in [-0.15, -0.1) is 0 Å². The molecule has 1 heteroatoms. The van der Waals surface area contributed by atoms with Crippen LogP contribution < -0.4 is 5.32 Å². The lowest BCUT2D eigenvalue weighted by Gasteiger charge is -2.01. The minimum Gasteiger partial charge on any atom is -0.314 e. The molecule has 1 aromatic carbocycles. The maximum absolute atomic E-state index is 3.15. The van der Waals surface area contributed by atoms with Crippen molar-refractivity contribution in [3.05, 3.63) is 42.0 Å².